The largest absolute Gasteiger partial charge is 0.457 e. The molecular formula is C9H14O2. The summed E-state index contributed by atoms with van der Waals surface area (Å²) in [6.45, 7) is 8.91. The van der Waals surface area contributed by atoms with Crippen molar-refractivity contribution in [2.24, 2.45) is 0 Å². The highest BCUT2D eigenvalue weighted by atomic mass is 16.6. The second-order valence-electron chi connectivity index (χ2n) is 3.13. The molecule has 2 nitrogen and oxygen atoms in total. The SMILES string of the molecule is C=C/C=C\C(=O)OC(C)(C)C. The Labute approximate surface area is 67.6 Å². The van der Waals surface area contributed by atoms with Crippen LogP contribution in [0.5, 0.6) is 0 Å². The molecule has 0 aromatic carbocycles. The molecule has 0 aliphatic heterocycles. The van der Waals surface area contributed by atoms with Gasteiger partial charge in [-0.15, -0.1) is 0 Å². The number of rotatable bonds is 2. The second-order valence-corrected chi connectivity index (χ2v) is 3.13. The van der Waals surface area contributed by atoms with Crippen molar-refractivity contribution in [1.29, 1.82) is 0 Å². The van der Waals surface area contributed by atoms with E-state index in [-0.39, 0.29) is 5.97 Å². The zero-order chi connectivity index (χ0) is 8.91. The van der Waals surface area contributed by atoms with E-state index in [4.69, 9.17) is 4.74 Å². The summed E-state index contributed by atoms with van der Waals surface area (Å²) >= 11 is 0. The van der Waals surface area contributed by atoms with Crippen molar-refractivity contribution in [3.8, 4) is 0 Å². The van der Waals surface area contributed by atoms with Gasteiger partial charge in [-0.3, -0.25) is 0 Å². The van der Waals surface area contributed by atoms with Gasteiger partial charge in [0, 0.05) is 6.08 Å². The summed E-state index contributed by atoms with van der Waals surface area (Å²) in [6, 6.07) is 0. The lowest BCUT2D eigenvalue weighted by molar-refractivity contribution is -0.148. The van der Waals surface area contributed by atoms with Gasteiger partial charge < -0.3 is 4.74 Å². The van der Waals surface area contributed by atoms with Crippen LogP contribution in [0, 0.1) is 0 Å². The molecule has 2 heteroatoms. The lowest BCUT2D eigenvalue weighted by Gasteiger charge is -2.17. The van der Waals surface area contributed by atoms with E-state index < -0.39 is 5.60 Å². The Morgan fingerprint density at radius 2 is 2.00 bits per heavy atom. The number of allylic oxidation sites excluding steroid dienone is 2. The predicted octanol–water partition coefficient (Wildman–Crippen LogP) is 2.07. The van der Waals surface area contributed by atoms with Crippen LogP contribution in [0.2, 0.25) is 0 Å². The average Bonchev–Trinajstić information content (AvgIpc) is 1.79. The monoisotopic (exact) mass is 154 g/mol. The van der Waals surface area contributed by atoms with Crippen molar-refractivity contribution < 1.29 is 9.53 Å². The van der Waals surface area contributed by atoms with Crippen molar-refractivity contribution >= 4 is 5.97 Å². The molecule has 0 aromatic heterocycles. The first-order chi connectivity index (χ1) is 4.95. The van der Waals surface area contributed by atoms with Crippen LogP contribution in [-0.2, 0) is 9.53 Å². The van der Waals surface area contributed by atoms with Crippen LogP contribution in [0.15, 0.2) is 24.8 Å². The molecule has 0 atom stereocenters. The van der Waals surface area contributed by atoms with E-state index in [0.717, 1.165) is 0 Å². The maximum Gasteiger partial charge on any atom is 0.331 e. The number of hydrogen-bond donors (Lipinski definition) is 0. The zero-order valence-electron chi connectivity index (χ0n) is 7.26. The van der Waals surface area contributed by atoms with E-state index in [9.17, 15) is 4.79 Å². The summed E-state index contributed by atoms with van der Waals surface area (Å²) in [4.78, 5) is 10.9. The Kier molecular flexibility index (Phi) is 3.58. The summed E-state index contributed by atoms with van der Waals surface area (Å²) in [7, 11) is 0. The van der Waals surface area contributed by atoms with Gasteiger partial charge in [-0.1, -0.05) is 18.7 Å². The molecule has 0 radical (unpaired) electrons. The topological polar surface area (TPSA) is 26.3 Å². The van der Waals surface area contributed by atoms with Crippen molar-refractivity contribution in [3.05, 3.63) is 24.8 Å². The van der Waals surface area contributed by atoms with E-state index in [0.29, 0.717) is 0 Å². The van der Waals surface area contributed by atoms with Crippen LogP contribution in [0.4, 0.5) is 0 Å². The third-order valence-electron chi connectivity index (χ3n) is 0.775. The fourth-order valence-corrected chi connectivity index (χ4v) is 0.482. The summed E-state index contributed by atoms with van der Waals surface area (Å²) in [6.07, 6.45) is 4.43. The normalized spacial score (nSPS) is 11.5. The fourth-order valence-electron chi connectivity index (χ4n) is 0.482. The third kappa shape index (κ3) is 6.84. The maximum atomic E-state index is 10.9. The summed E-state index contributed by atoms with van der Waals surface area (Å²) in [5.74, 6) is -0.336. The highest BCUT2D eigenvalue weighted by molar-refractivity contribution is 5.82. The quantitative estimate of drug-likeness (QED) is 0.346. The van der Waals surface area contributed by atoms with E-state index >= 15 is 0 Å². The average molecular weight is 154 g/mol. The van der Waals surface area contributed by atoms with Crippen LogP contribution in [-0.4, -0.2) is 11.6 Å². The Balaban J connectivity index is 3.89. The highest BCUT2D eigenvalue weighted by Crippen LogP contribution is 2.06. The molecular weight excluding hydrogens is 140 g/mol. The van der Waals surface area contributed by atoms with Gasteiger partial charge in [0.25, 0.3) is 0 Å². The molecule has 0 amide bonds. The molecule has 0 spiro atoms. The Bertz CT molecular complexity index is 172. The molecule has 0 fully saturated rings. The maximum absolute atomic E-state index is 10.9. The standard InChI is InChI=1S/C9H14O2/c1-5-6-7-8(10)11-9(2,3)4/h5-7H,1H2,2-4H3/b7-6-. The third-order valence-corrected chi connectivity index (χ3v) is 0.775. The number of hydrogen-bond acceptors (Lipinski definition) is 2. The van der Waals surface area contributed by atoms with Gasteiger partial charge in [-0.2, -0.15) is 0 Å². The molecule has 0 unspecified atom stereocenters. The minimum atomic E-state index is -0.414. The Morgan fingerprint density at radius 1 is 1.45 bits per heavy atom. The van der Waals surface area contributed by atoms with Crippen LogP contribution >= 0.6 is 0 Å². The second kappa shape index (κ2) is 3.96. The van der Waals surface area contributed by atoms with Crippen LogP contribution in [0.3, 0.4) is 0 Å². The molecule has 11 heavy (non-hydrogen) atoms. The Morgan fingerprint density at radius 3 is 2.36 bits per heavy atom. The van der Waals surface area contributed by atoms with Crippen molar-refractivity contribution in [2.75, 3.05) is 0 Å². The van der Waals surface area contributed by atoms with Gasteiger partial charge in [-0.05, 0) is 20.8 Å². The van der Waals surface area contributed by atoms with Crippen molar-refractivity contribution in [3.63, 3.8) is 0 Å². The first-order valence-electron chi connectivity index (χ1n) is 3.48. The molecule has 0 rings (SSSR count). The molecule has 0 saturated carbocycles. The van der Waals surface area contributed by atoms with Crippen LogP contribution in [0.25, 0.3) is 0 Å². The molecule has 0 heterocycles. The number of esters is 1. The minimum absolute atomic E-state index is 0.336. The highest BCUT2D eigenvalue weighted by Gasteiger charge is 2.13. The molecule has 62 valence electrons. The molecule has 0 aliphatic carbocycles. The molecule has 0 saturated heterocycles. The number of carbonyl (C=O) groups excluding carboxylic acids is 1. The van der Waals surface area contributed by atoms with E-state index in [2.05, 4.69) is 6.58 Å². The lowest BCUT2D eigenvalue weighted by Crippen LogP contribution is -2.22. The van der Waals surface area contributed by atoms with Crippen LogP contribution in [0.1, 0.15) is 20.8 Å². The van der Waals surface area contributed by atoms with E-state index in [1.807, 2.05) is 20.8 Å². The summed E-state index contributed by atoms with van der Waals surface area (Å²) in [5, 5.41) is 0. The smallest absolute Gasteiger partial charge is 0.331 e. The first-order valence-corrected chi connectivity index (χ1v) is 3.48. The van der Waals surface area contributed by atoms with Crippen LogP contribution < -0.4 is 0 Å². The van der Waals surface area contributed by atoms with Gasteiger partial charge in [0.05, 0.1) is 0 Å². The van der Waals surface area contributed by atoms with E-state index in [1.165, 1.54) is 12.2 Å². The number of carbonyl (C=O) groups is 1. The van der Waals surface area contributed by atoms with Gasteiger partial charge in [0.15, 0.2) is 0 Å². The molecule has 0 bridgehead atoms. The Hall–Kier alpha value is -1.05. The van der Waals surface area contributed by atoms with Gasteiger partial charge in [0.1, 0.15) is 5.60 Å². The summed E-state index contributed by atoms with van der Waals surface area (Å²) < 4.78 is 4.97. The first kappa shape index (κ1) is 9.95. The van der Waals surface area contributed by atoms with Gasteiger partial charge in [-0.25, -0.2) is 4.79 Å². The van der Waals surface area contributed by atoms with Crippen molar-refractivity contribution in [1.82, 2.24) is 0 Å². The number of ether oxygens (including phenoxy) is 1. The lowest BCUT2D eigenvalue weighted by atomic mass is 10.2. The zero-order valence-corrected chi connectivity index (χ0v) is 7.26. The molecule has 0 N–H and O–H groups in total. The molecule has 0 aromatic rings. The predicted molar refractivity (Wildman–Crippen MR) is 45.2 cm³/mol. The van der Waals surface area contributed by atoms with Gasteiger partial charge in [0.2, 0.25) is 0 Å². The fraction of sp³-hybridized carbons (Fsp3) is 0.444. The summed E-state index contributed by atoms with van der Waals surface area (Å²) in [5.41, 5.74) is -0.414. The van der Waals surface area contributed by atoms with E-state index in [1.54, 1.807) is 6.08 Å². The van der Waals surface area contributed by atoms with Gasteiger partial charge >= 0.3 is 5.97 Å². The minimum Gasteiger partial charge on any atom is -0.457 e. The molecule has 0 aliphatic rings. The van der Waals surface area contributed by atoms with Crippen molar-refractivity contribution in [2.45, 2.75) is 26.4 Å².